The van der Waals surface area contributed by atoms with Crippen LogP contribution in [0.3, 0.4) is 0 Å². The van der Waals surface area contributed by atoms with Gasteiger partial charge in [0.1, 0.15) is 0 Å². The molecule has 2 rings (SSSR count). The van der Waals surface area contributed by atoms with Crippen molar-refractivity contribution in [2.45, 2.75) is 32.6 Å². The summed E-state index contributed by atoms with van der Waals surface area (Å²) in [4.78, 5) is 2.12. The van der Waals surface area contributed by atoms with E-state index in [9.17, 15) is 13.2 Å². The summed E-state index contributed by atoms with van der Waals surface area (Å²) in [6.07, 6.45) is -4.28. The summed E-state index contributed by atoms with van der Waals surface area (Å²) >= 11 is 0. The molecule has 0 aliphatic heterocycles. The van der Waals surface area contributed by atoms with E-state index in [1.165, 1.54) is 11.1 Å². The lowest BCUT2D eigenvalue weighted by molar-refractivity contribution is -0.137. The van der Waals surface area contributed by atoms with Crippen molar-refractivity contribution in [3.8, 4) is 0 Å². The molecule has 0 heterocycles. The number of rotatable bonds is 4. The fraction of sp³-hybridized carbons (Fsp3) is 0.333. The molecule has 1 nitrogen and oxygen atoms in total. The van der Waals surface area contributed by atoms with Crippen molar-refractivity contribution in [2.75, 3.05) is 7.05 Å². The van der Waals surface area contributed by atoms with Crippen molar-refractivity contribution < 1.29 is 13.2 Å². The van der Waals surface area contributed by atoms with Crippen LogP contribution in [0.25, 0.3) is 0 Å². The Labute approximate surface area is 129 Å². The second kappa shape index (κ2) is 6.53. The van der Waals surface area contributed by atoms with Gasteiger partial charge >= 0.3 is 6.18 Å². The number of aryl methyl sites for hydroxylation is 1. The summed E-state index contributed by atoms with van der Waals surface area (Å²) in [5.74, 6) is 0. The molecule has 0 radical (unpaired) electrons. The molecule has 4 heteroatoms. The minimum Gasteiger partial charge on any atom is -0.295 e. The highest BCUT2D eigenvalue weighted by Crippen LogP contribution is 2.29. The second-order valence-corrected chi connectivity index (χ2v) is 5.70. The van der Waals surface area contributed by atoms with Crippen LogP contribution in [0.4, 0.5) is 13.2 Å². The summed E-state index contributed by atoms with van der Waals surface area (Å²) < 4.78 is 37.7. The number of hydrogen-bond acceptors (Lipinski definition) is 1. The number of halogens is 3. The van der Waals surface area contributed by atoms with Crippen molar-refractivity contribution in [1.29, 1.82) is 0 Å². The lowest BCUT2D eigenvalue weighted by Gasteiger charge is -2.25. The molecule has 1 atom stereocenters. The minimum atomic E-state index is -4.28. The van der Waals surface area contributed by atoms with Crippen LogP contribution in [-0.2, 0) is 12.7 Å². The van der Waals surface area contributed by atoms with Crippen LogP contribution in [0.15, 0.2) is 48.5 Å². The molecule has 0 amide bonds. The van der Waals surface area contributed by atoms with E-state index in [-0.39, 0.29) is 6.04 Å². The predicted octanol–water partition coefficient (Wildman–Crippen LogP) is 5.21. The Morgan fingerprint density at radius 3 is 2.00 bits per heavy atom. The normalized spacial score (nSPS) is 13.4. The molecular weight excluding hydrogens is 287 g/mol. The van der Waals surface area contributed by atoms with Gasteiger partial charge in [-0.2, -0.15) is 13.2 Å². The Bertz CT molecular complexity index is 600. The highest BCUT2D eigenvalue weighted by atomic mass is 19.4. The summed E-state index contributed by atoms with van der Waals surface area (Å²) in [6.45, 7) is 4.74. The zero-order valence-corrected chi connectivity index (χ0v) is 13.0. The van der Waals surface area contributed by atoms with E-state index in [4.69, 9.17) is 0 Å². The van der Waals surface area contributed by atoms with Crippen LogP contribution in [0.1, 0.15) is 35.2 Å². The van der Waals surface area contributed by atoms with Crippen LogP contribution in [-0.4, -0.2) is 11.9 Å². The summed E-state index contributed by atoms with van der Waals surface area (Å²) in [7, 11) is 1.97. The van der Waals surface area contributed by atoms with Gasteiger partial charge in [0.25, 0.3) is 0 Å². The predicted molar refractivity (Wildman–Crippen MR) is 82.5 cm³/mol. The molecule has 0 aliphatic carbocycles. The third-order valence-corrected chi connectivity index (χ3v) is 3.93. The van der Waals surface area contributed by atoms with Gasteiger partial charge in [-0.1, -0.05) is 42.0 Å². The number of alkyl halides is 3. The molecule has 0 aliphatic rings. The maximum Gasteiger partial charge on any atom is 0.416 e. The van der Waals surface area contributed by atoms with Crippen molar-refractivity contribution in [3.05, 3.63) is 70.8 Å². The third-order valence-electron chi connectivity index (χ3n) is 3.93. The maximum absolute atomic E-state index is 12.6. The quantitative estimate of drug-likeness (QED) is 0.749. The van der Waals surface area contributed by atoms with Gasteiger partial charge in [0, 0.05) is 12.6 Å². The molecule has 0 N–H and O–H groups in total. The summed E-state index contributed by atoms with van der Waals surface area (Å²) in [5.41, 5.74) is 2.67. The lowest BCUT2D eigenvalue weighted by Crippen LogP contribution is -2.22. The Hall–Kier alpha value is -1.81. The van der Waals surface area contributed by atoms with Gasteiger partial charge in [-0.25, -0.2) is 0 Å². The lowest BCUT2D eigenvalue weighted by atomic mass is 10.0. The Kier molecular flexibility index (Phi) is 4.91. The Balaban J connectivity index is 2.05. The first kappa shape index (κ1) is 16.6. The highest BCUT2D eigenvalue weighted by molar-refractivity contribution is 5.26. The Morgan fingerprint density at radius 1 is 0.955 bits per heavy atom. The average Bonchev–Trinajstić information content (AvgIpc) is 2.47. The van der Waals surface area contributed by atoms with Crippen molar-refractivity contribution in [2.24, 2.45) is 0 Å². The fourth-order valence-electron chi connectivity index (χ4n) is 2.32. The monoisotopic (exact) mass is 307 g/mol. The Morgan fingerprint density at radius 2 is 1.50 bits per heavy atom. The average molecular weight is 307 g/mol. The largest absolute Gasteiger partial charge is 0.416 e. The van der Waals surface area contributed by atoms with Crippen molar-refractivity contribution >= 4 is 0 Å². The van der Waals surface area contributed by atoms with Gasteiger partial charge in [0.05, 0.1) is 5.56 Å². The standard InChI is InChI=1S/C18H20F3N/c1-13-4-8-16(9-5-13)14(2)22(3)12-15-6-10-17(11-7-15)18(19,20)21/h4-11,14H,12H2,1-3H3. The molecule has 2 aromatic carbocycles. The minimum absolute atomic E-state index is 0.197. The first-order valence-corrected chi connectivity index (χ1v) is 7.20. The molecule has 0 spiro atoms. The molecule has 118 valence electrons. The third kappa shape index (κ3) is 4.10. The zero-order valence-electron chi connectivity index (χ0n) is 13.0. The van der Waals surface area contributed by atoms with E-state index in [1.54, 1.807) is 12.1 Å². The van der Waals surface area contributed by atoms with Gasteiger partial charge in [-0.05, 0) is 44.2 Å². The van der Waals surface area contributed by atoms with E-state index in [2.05, 4.69) is 36.1 Å². The van der Waals surface area contributed by atoms with E-state index in [0.717, 1.165) is 17.7 Å². The molecule has 1 unspecified atom stereocenters. The van der Waals surface area contributed by atoms with Gasteiger partial charge < -0.3 is 0 Å². The second-order valence-electron chi connectivity index (χ2n) is 5.70. The molecule has 0 saturated heterocycles. The maximum atomic E-state index is 12.6. The molecule has 2 aromatic rings. The first-order valence-electron chi connectivity index (χ1n) is 7.20. The zero-order chi connectivity index (χ0) is 16.3. The fourth-order valence-corrected chi connectivity index (χ4v) is 2.32. The van der Waals surface area contributed by atoms with E-state index in [0.29, 0.717) is 6.54 Å². The van der Waals surface area contributed by atoms with E-state index < -0.39 is 11.7 Å². The van der Waals surface area contributed by atoms with Crippen molar-refractivity contribution in [3.63, 3.8) is 0 Å². The van der Waals surface area contributed by atoms with Gasteiger partial charge in [0.2, 0.25) is 0 Å². The smallest absolute Gasteiger partial charge is 0.295 e. The topological polar surface area (TPSA) is 3.24 Å². The van der Waals surface area contributed by atoms with E-state index >= 15 is 0 Å². The number of nitrogens with zero attached hydrogens (tertiary/aromatic N) is 1. The van der Waals surface area contributed by atoms with Gasteiger partial charge in [0.15, 0.2) is 0 Å². The van der Waals surface area contributed by atoms with Crippen LogP contribution in [0, 0.1) is 6.92 Å². The van der Waals surface area contributed by atoms with Crippen LogP contribution in [0.5, 0.6) is 0 Å². The van der Waals surface area contributed by atoms with Gasteiger partial charge in [-0.3, -0.25) is 4.90 Å². The molecule has 0 saturated carbocycles. The number of hydrogen-bond donors (Lipinski definition) is 0. The highest BCUT2D eigenvalue weighted by Gasteiger charge is 2.29. The van der Waals surface area contributed by atoms with Crippen LogP contribution >= 0.6 is 0 Å². The first-order chi connectivity index (χ1) is 10.3. The molecule has 0 bridgehead atoms. The van der Waals surface area contributed by atoms with E-state index in [1.807, 2.05) is 14.0 Å². The summed E-state index contributed by atoms with van der Waals surface area (Å²) in [5, 5.41) is 0. The molecule has 0 fully saturated rings. The molecule has 22 heavy (non-hydrogen) atoms. The molecule has 0 aromatic heterocycles. The van der Waals surface area contributed by atoms with Crippen LogP contribution < -0.4 is 0 Å². The summed E-state index contributed by atoms with van der Waals surface area (Å²) in [6, 6.07) is 13.9. The molecular formula is C18H20F3N. The van der Waals surface area contributed by atoms with Gasteiger partial charge in [-0.15, -0.1) is 0 Å². The number of benzene rings is 2. The SMILES string of the molecule is Cc1ccc(C(C)N(C)Cc2ccc(C(F)(F)F)cc2)cc1. The van der Waals surface area contributed by atoms with Crippen molar-refractivity contribution in [1.82, 2.24) is 4.90 Å². The van der Waals surface area contributed by atoms with Crippen LogP contribution in [0.2, 0.25) is 0 Å².